The van der Waals surface area contributed by atoms with Crippen LogP contribution < -0.4 is 0 Å². The van der Waals surface area contributed by atoms with Gasteiger partial charge in [0, 0.05) is 12.7 Å². The summed E-state index contributed by atoms with van der Waals surface area (Å²) in [5.41, 5.74) is 0.807. The normalized spacial score (nSPS) is 41.1. The Bertz CT molecular complexity index is 440. The molecule has 1 N–H and O–H groups in total. The Labute approximate surface area is 116 Å². The van der Waals surface area contributed by atoms with Gasteiger partial charge in [0.05, 0.1) is 6.61 Å². The lowest BCUT2D eigenvalue weighted by Crippen LogP contribution is -2.60. The van der Waals surface area contributed by atoms with Crippen LogP contribution >= 0.6 is 0 Å². The number of halogens is 1. The standard InChI is InChI=1S/C14H17FO5/c1-17-14-11(16)10(15)12-9(19-14)7-18-13(20-12)8-5-3-2-4-6-8/h2-6,9-14,16H,7H2,1H3/t9-,10+,11-,12-,13-,14-/m1/s1. The molecule has 0 aromatic heterocycles. The Hall–Kier alpha value is -1.05. The van der Waals surface area contributed by atoms with Crippen LogP contribution in [-0.2, 0) is 18.9 Å². The van der Waals surface area contributed by atoms with Crippen molar-refractivity contribution in [2.75, 3.05) is 13.7 Å². The van der Waals surface area contributed by atoms with Gasteiger partial charge in [-0.15, -0.1) is 0 Å². The van der Waals surface area contributed by atoms with E-state index in [0.717, 1.165) is 5.56 Å². The number of aliphatic hydroxyl groups excluding tert-OH is 1. The molecule has 1 aromatic rings. The molecule has 1 aromatic carbocycles. The zero-order valence-electron chi connectivity index (χ0n) is 11.0. The summed E-state index contributed by atoms with van der Waals surface area (Å²) in [6.07, 6.45) is -6.03. The maximum Gasteiger partial charge on any atom is 0.186 e. The second-order valence-electron chi connectivity index (χ2n) is 4.89. The summed E-state index contributed by atoms with van der Waals surface area (Å²) in [6, 6.07) is 9.28. The molecule has 2 saturated heterocycles. The molecule has 2 aliphatic heterocycles. The van der Waals surface area contributed by atoms with Gasteiger partial charge >= 0.3 is 0 Å². The van der Waals surface area contributed by atoms with Gasteiger partial charge in [-0.05, 0) is 0 Å². The fourth-order valence-corrected chi connectivity index (χ4v) is 2.52. The highest BCUT2D eigenvalue weighted by atomic mass is 19.1. The first-order valence-corrected chi connectivity index (χ1v) is 6.53. The van der Waals surface area contributed by atoms with Crippen molar-refractivity contribution in [1.29, 1.82) is 0 Å². The Balaban J connectivity index is 1.74. The maximum absolute atomic E-state index is 14.2. The van der Waals surface area contributed by atoms with Gasteiger partial charge in [-0.25, -0.2) is 4.39 Å². The second-order valence-corrected chi connectivity index (χ2v) is 4.89. The average Bonchev–Trinajstić information content (AvgIpc) is 2.51. The van der Waals surface area contributed by atoms with Crippen molar-refractivity contribution in [2.24, 2.45) is 0 Å². The lowest BCUT2D eigenvalue weighted by Gasteiger charge is -2.45. The lowest BCUT2D eigenvalue weighted by atomic mass is 9.99. The Morgan fingerprint density at radius 3 is 2.70 bits per heavy atom. The summed E-state index contributed by atoms with van der Waals surface area (Å²) >= 11 is 0. The molecule has 2 aliphatic rings. The molecule has 0 aliphatic carbocycles. The average molecular weight is 284 g/mol. The molecule has 2 fully saturated rings. The Kier molecular flexibility index (Phi) is 4.00. The molecule has 0 amide bonds. The van der Waals surface area contributed by atoms with E-state index in [-0.39, 0.29) is 6.61 Å². The molecular weight excluding hydrogens is 267 g/mol. The van der Waals surface area contributed by atoms with Crippen molar-refractivity contribution < 1.29 is 28.4 Å². The summed E-state index contributed by atoms with van der Waals surface area (Å²) in [6.45, 7) is 0.192. The minimum absolute atomic E-state index is 0.192. The highest BCUT2D eigenvalue weighted by Crippen LogP contribution is 2.35. The topological polar surface area (TPSA) is 57.2 Å². The number of aliphatic hydroxyl groups is 1. The summed E-state index contributed by atoms with van der Waals surface area (Å²) in [7, 11) is 1.36. The minimum atomic E-state index is -1.58. The molecule has 110 valence electrons. The summed E-state index contributed by atoms with van der Waals surface area (Å²) in [5, 5.41) is 9.79. The van der Waals surface area contributed by atoms with Crippen LogP contribution in [0.25, 0.3) is 0 Å². The van der Waals surface area contributed by atoms with Crippen LogP contribution in [0, 0.1) is 0 Å². The van der Waals surface area contributed by atoms with E-state index < -0.39 is 37.1 Å². The van der Waals surface area contributed by atoms with E-state index in [1.54, 1.807) is 0 Å². The molecule has 0 radical (unpaired) electrons. The van der Waals surface area contributed by atoms with Crippen molar-refractivity contribution in [1.82, 2.24) is 0 Å². The summed E-state index contributed by atoms with van der Waals surface area (Å²) in [4.78, 5) is 0. The number of hydrogen-bond donors (Lipinski definition) is 1. The Morgan fingerprint density at radius 1 is 1.25 bits per heavy atom. The highest BCUT2D eigenvalue weighted by Gasteiger charge is 2.50. The van der Waals surface area contributed by atoms with Crippen LogP contribution in [-0.4, -0.2) is 49.6 Å². The van der Waals surface area contributed by atoms with Crippen LogP contribution in [0.5, 0.6) is 0 Å². The third-order valence-electron chi connectivity index (χ3n) is 3.59. The number of alkyl halides is 1. The van der Waals surface area contributed by atoms with Crippen molar-refractivity contribution >= 4 is 0 Å². The van der Waals surface area contributed by atoms with E-state index in [0.29, 0.717) is 0 Å². The molecule has 6 heteroatoms. The fraction of sp³-hybridized carbons (Fsp3) is 0.571. The Morgan fingerprint density at radius 2 is 2.00 bits per heavy atom. The fourth-order valence-electron chi connectivity index (χ4n) is 2.52. The predicted octanol–water partition coefficient (Wildman–Crippen LogP) is 1.17. The van der Waals surface area contributed by atoms with Crippen molar-refractivity contribution in [3.05, 3.63) is 35.9 Å². The smallest absolute Gasteiger partial charge is 0.186 e. The molecule has 6 atom stereocenters. The SMILES string of the molecule is CO[C@@H]1O[C@@H]2CO[C@@H](c3ccccc3)O[C@H]2[C@@H](F)[C@H]1O. The predicted molar refractivity (Wildman–Crippen MR) is 66.6 cm³/mol. The number of ether oxygens (including phenoxy) is 4. The third-order valence-corrected chi connectivity index (χ3v) is 3.59. The van der Waals surface area contributed by atoms with E-state index in [9.17, 15) is 9.50 Å². The second kappa shape index (κ2) is 5.75. The van der Waals surface area contributed by atoms with Crippen LogP contribution in [0.4, 0.5) is 4.39 Å². The molecule has 20 heavy (non-hydrogen) atoms. The molecule has 0 bridgehead atoms. The van der Waals surface area contributed by atoms with Crippen molar-refractivity contribution in [3.8, 4) is 0 Å². The highest BCUT2D eigenvalue weighted by molar-refractivity contribution is 5.16. The van der Waals surface area contributed by atoms with Gasteiger partial charge < -0.3 is 24.1 Å². The van der Waals surface area contributed by atoms with E-state index in [1.807, 2.05) is 30.3 Å². The minimum Gasteiger partial charge on any atom is -0.385 e. The number of hydrogen-bond acceptors (Lipinski definition) is 5. The zero-order valence-corrected chi connectivity index (χ0v) is 11.0. The van der Waals surface area contributed by atoms with Crippen molar-refractivity contribution in [2.45, 2.75) is 37.1 Å². The molecule has 0 unspecified atom stereocenters. The van der Waals surface area contributed by atoms with Gasteiger partial charge in [-0.2, -0.15) is 0 Å². The van der Waals surface area contributed by atoms with Crippen LogP contribution in [0.15, 0.2) is 30.3 Å². The van der Waals surface area contributed by atoms with Gasteiger partial charge in [0.25, 0.3) is 0 Å². The lowest BCUT2D eigenvalue weighted by molar-refractivity contribution is -0.350. The van der Waals surface area contributed by atoms with Crippen molar-refractivity contribution in [3.63, 3.8) is 0 Å². The molecule has 0 spiro atoms. The van der Waals surface area contributed by atoms with Gasteiger partial charge in [-0.3, -0.25) is 0 Å². The zero-order chi connectivity index (χ0) is 14.1. The first kappa shape index (κ1) is 13.9. The monoisotopic (exact) mass is 284 g/mol. The number of fused-ring (bicyclic) bond motifs is 1. The third kappa shape index (κ3) is 2.45. The molecule has 5 nitrogen and oxygen atoms in total. The summed E-state index contributed by atoms with van der Waals surface area (Å²) < 4.78 is 35.8. The quantitative estimate of drug-likeness (QED) is 0.883. The van der Waals surface area contributed by atoms with Crippen LogP contribution in [0.2, 0.25) is 0 Å². The van der Waals surface area contributed by atoms with Gasteiger partial charge in [-0.1, -0.05) is 30.3 Å². The first-order chi connectivity index (χ1) is 9.70. The number of benzene rings is 1. The van der Waals surface area contributed by atoms with Gasteiger partial charge in [0.2, 0.25) is 0 Å². The van der Waals surface area contributed by atoms with Gasteiger partial charge in [0.15, 0.2) is 18.8 Å². The van der Waals surface area contributed by atoms with E-state index >= 15 is 0 Å². The number of rotatable bonds is 2. The molecule has 3 rings (SSSR count). The van der Waals surface area contributed by atoms with E-state index in [2.05, 4.69) is 0 Å². The first-order valence-electron chi connectivity index (χ1n) is 6.53. The molecule has 0 saturated carbocycles. The molecular formula is C14H17FO5. The van der Waals surface area contributed by atoms with Crippen LogP contribution in [0.1, 0.15) is 11.9 Å². The van der Waals surface area contributed by atoms with Gasteiger partial charge in [0.1, 0.15) is 18.3 Å². The largest absolute Gasteiger partial charge is 0.385 e. The van der Waals surface area contributed by atoms with E-state index in [1.165, 1.54) is 7.11 Å². The van der Waals surface area contributed by atoms with Crippen LogP contribution in [0.3, 0.4) is 0 Å². The molecule has 2 heterocycles. The number of methoxy groups -OCH3 is 1. The summed E-state index contributed by atoms with van der Waals surface area (Å²) in [5.74, 6) is 0. The maximum atomic E-state index is 14.2. The van der Waals surface area contributed by atoms with E-state index in [4.69, 9.17) is 18.9 Å².